The molecule has 2 aromatic rings. The largest absolute Gasteiger partial charge is 0.435 e. The van der Waals surface area contributed by atoms with Crippen LogP contribution < -0.4 is 5.32 Å². The standard InChI is InChI=1S/C21H26N2O6/c1-11(2)12(3)19(26)22-13(4)16(24)9-14-10-18(25)29-21(14,27)20-23-15-7-5-6-8-17(15)28-20/h5-8,11-14,27H,9-10H2,1-4H3,(H,22,26)/t12-,13+,14-,21?/m1/s1. The van der Waals surface area contributed by atoms with E-state index in [-0.39, 0.29) is 42.3 Å². The number of benzene rings is 1. The summed E-state index contributed by atoms with van der Waals surface area (Å²) in [6.45, 7) is 7.24. The number of aromatic nitrogens is 1. The Morgan fingerprint density at radius 1 is 1.28 bits per heavy atom. The van der Waals surface area contributed by atoms with Crippen LogP contribution in [0.2, 0.25) is 0 Å². The third kappa shape index (κ3) is 4.17. The van der Waals surface area contributed by atoms with Crippen molar-refractivity contribution in [3.8, 4) is 0 Å². The van der Waals surface area contributed by atoms with Crippen molar-refractivity contribution in [3.05, 3.63) is 30.2 Å². The molecule has 1 unspecified atom stereocenters. The molecule has 29 heavy (non-hydrogen) atoms. The molecule has 0 aliphatic carbocycles. The normalized spacial score (nSPS) is 23.8. The van der Waals surface area contributed by atoms with E-state index >= 15 is 0 Å². The Kier molecular flexibility index (Phi) is 5.75. The lowest BCUT2D eigenvalue weighted by Crippen LogP contribution is -2.44. The lowest BCUT2D eigenvalue weighted by molar-refractivity contribution is -0.219. The number of aliphatic hydroxyl groups is 1. The van der Waals surface area contributed by atoms with Gasteiger partial charge in [0.05, 0.1) is 18.4 Å². The van der Waals surface area contributed by atoms with Crippen LogP contribution in [0.5, 0.6) is 0 Å². The first-order valence-corrected chi connectivity index (χ1v) is 9.75. The van der Waals surface area contributed by atoms with Crippen molar-refractivity contribution in [2.45, 2.75) is 52.4 Å². The number of oxazole rings is 1. The van der Waals surface area contributed by atoms with Gasteiger partial charge in [0, 0.05) is 12.3 Å². The molecule has 1 aliphatic heterocycles. The summed E-state index contributed by atoms with van der Waals surface area (Å²) in [6.07, 6.45) is -0.317. The van der Waals surface area contributed by atoms with Crippen molar-refractivity contribution < 1.29 is 28.6 Å². The average molecular weight is 402 g/mol. The topological polar surface area (TPSA) is 119 Å². The number of amides is 1. The first-order chi connectivity index (χ1) is 13.6. The number of ether oxygens (including phenoxy) is 1. The zero-order chi connectivity index (χ0) is 21.3. The number of para-hydroxylation sites is 2. The molecule has 2 N–H and O–H groups in total. The van der Waals surface area contributed by atoms with E-state index in [4.69, 9.17) is 9.15 Å². The van der Waals surface area contributed by atoms with E-state index in [9.17, 15) is 19.5 Å². The van der Waals surface area contributed by atoms with Crippen molar-refractivity contribution in [1.82, 2.24) is 10.3 Å². The number of carbonyl (C=O) groups excluding carboxylic acids is 3. The van der Waals surface area contributed by atoms with Gasteiger partial charge in [-0.05, 0) is 25.0 Å². The second kappa shape index (κ2) is 7.94. The van der Waals surface area contributed by atoms with Crippen LogP contribution >= 0.6 is 0 Å². The monoisotopic (exact) mass is 402 g/mol. The van der Waals surface area contributed by atoms with Crippen LogP contribution in [0.4, 0.5) is 0 Å². The molecule has 4 atom stereocenters. The molecule has 1 amide bonds. The van der Waals surface area contributed by atoms with Crippen molar-refractivity contribution in [1.29, 1.82) is 0 Å². The van der Waals surface area contributed by atoms with Gasteiger partial charge in [0.1, 0.15) is 5.52 Å². The summed E-state index contributed by atoms with van der Waals surface area (Å²) < 4.78 is 10.7. The molecule has 156 valence electrons. The molecule has 8 nitrogen and oxygen atoms in total. The third-order valence-electron chi connectivity index (χ3n) is 5.54. The highest BCUT2D eigenvalue weighted by atomic mass is 16.7. The number of carbonyl (C=O) groups is 3. The lowest BCUT2D eigenvalue weighted by atomic mass is 9.90. The van der Waals surface area contributed by atoms with E-state index in [1.807, 2.05) is 13.8 Å². The number of nitrogens with zero attached hydrogens (tertiary/aromatic N) is 1. The van der Waals surface area contributed by atoms with Crippen LogP contribution in [-0.2, 0) is 24.9 Å². The smallest absolute Gasteiger partial charge is 0.309 e. The third-order valence-corrected chi connectivity index (χ3v) is 5.54. The predicted molar refractivity (Wildman–Crippen MR) is 103 cm³/mol. The summed E-state index contributed by atoms with van der Waals surface area (Å²) in [7, 11) is 0. The minimum atomic E-state index is -2.12. The van der Waals surface area contributed by atoms with Gasteiger partial charge in [0.15, 0.2) is 11.4 Å². The number of cyclic esters (lactones) is 1. The van der Waals surface area contributed by atoms with Crippen molar-refractivity contribution in [3.63, 3.8) is 0 Å². The molecule has 0 bridgehead atoms. The van der Waals surface area contributed by atoms with Gasteiger partial charge in [0.25, 0.3) is 11.7 Å². The van der Waals surface area contributed by atoms with E-state index < -0.39 is 23.7 Å². The Labute approximate surface area is 168 Å². The van der Waals surface area contributed by atoms with Gasteiger partial charge >= 0.3 is 5.97 Å². The summed E-state index contributed by atoms with van der Waals surface area (Å²) in [5.74, 6) is -4.41. The zero-order valence-electron chi connectivity index (χ0n) is 17.0. The molecule has 2 heterocycles. The summed E-state index contributed by atoms with van der Waals surface area (Å²) in [6, 6.07) is 6.15. The van der Waals surface area contributed by atoms with Crippen molar-refractivity contribution >= 4 is 28.8 Å². The summed E-state index contributed by atoms with van der Waals surface area (Å²) >= 11 is 0. The Balaban J connectivity index is 1.75. The first-order valence-electron chi connectivity index (χ1n) is 9.75. The van der Waals surface area contributed by atoms with Gasteiger partial charge in [0.2, 0.25) is 5.91 Å². The Hall–Kier alpha value is -2.74. The quantitative estimate of drug-likeness (QED) is 0.682. The Morgan fingerprint density at radius 3 is 2.62 bits per heavy atom. The second-order valence-corrected chi connectivity index (χ2v) is 7.99. The first kappa shape index (κ1) is 21.0. The van der Waals surface area contributed by atoms with Gasteiger partial charge in [-0.2, -0.15) is 0 Å². The number of hydrogen-bond donors (Lipinski definition) is 2. The number of ketones is 1. The molecule has 1 aliphatic rings. The second-order valence-electron chi connectivity index (χ2n) is 7.99. The molecule has 3 rings (SSSR count). The van der Waals surface area contributed by atoms with Gasteiger partial charge in [-0.3, -0.25) is 14.4 Å². The van der Waals surface area contributed by atoms with Crippen LogP contribution in [0.1, 0.15) is 46.4 Å². The molecule has 0 radical (unpaired) electrons. The number of rotatable bonds is 7. The molecule has 0 saturated carbocycles. The highest BCUT2D eigenvalue weighted by Gasteiger charge is 2.54. The average Bonchev–Trinajstić information content (AvgIpc) is 3.22. The zero-order valence-corrected chi connectivity index (χ0v) is 17.0. The van der Waals surface area contributed by atoms with E-state index in [1.54, 1.807) is 38.1 Å². The van der Waals surface area contributed by atoms with E-state index in [1.165, 1.54) is 0 Å². The highest BCUT2D eigenvalue weighted by molar-refractivity contribution is 5.90. The summed E-state index contributed by atoms with van der Waals surface area (Å²) in [4.78, 5) is 41.0. The Bertz CT molecular complexity index is 903. The Morgan fingerprint density at radius 2 is 1.97 bits per heavy atom. The number of esters is 1. The molecule has 1 saturated heterocycles. The minimum Gasteiger partial charge on any atom is -0.435 e. The maximum absolute atomic E-state index is 12.7. The maximum Gasteiger partial charge on any atom is 0.309 e. The molecule has 1 aromatic carbocycles. The van der Waals surface area contributed by atoms with Gasteiger partial charge in [-0.25, -0.2) is 4.98 Å². The van der Waals surface area contributed by atoms with Gasteiger partial charge in [-0.15, -0.1) is 0 Å². The van der Waals surface area contributed by atoms with Crippen LogP contribution in [0, 0.1) is 17.8 Å². The molecule has 1 fully saturated rings. The fourth-order valence-electron chi connectivity index (χ4n) is 3.24. The van der Waals surface area contributed by atoms with Crippen LogP contribution in [0.3, 0.4) is 0 Å². The maximum atomic E-state index is 12.7. The van der Waals surface area contributed by atoms with Crippen LogP contribution in [0.25, 0.3) is 11.1 Å². The predicted octanol–water partition coefficient (Wildman–Crippen LogP) is 2.29. The SMILES string of the molecule is CC(C)[C@@H](C)C(=O)N[C@@H](C)C(=O)C[C@@H]1CC(=O)OC1(O)c1nc2ccccc2o1. The molecule has 0 spiro atoms. The fraction of sp³-hybridized carbons (Fsp3) is 0.524. The van der Waals surface area contributed by atoms with Crippen LogP contribution in [-0.4, -0.2) is 33.8 Å². The number of Topliss-reactive ketones (excluding diaryl/α,β-unsaturated/α-hetero) is 1. The molecule has 8 heteroatoms. The number of hydrogen-bond acceptors (Lipinski definition) is 7. The van der Waals surface area contributed by atoms with E-state index in [0.717, 1.165) is 0 Å². The van der Waals surface area contributed by atoms with Crippen LogP contribution in [0.15, 0.2) is 28.7 Å². The van der Waals surface area contributed by atoms with E-state index in [2.05, 4.69) is 10.3 Å². The minimum absolute atomic E-state index is 0.141. The molecule has 1 aromatic heterocycles. The molecular formula is C21H26N2O6. The van der Waals surface area contributed by atoms with E-state index in [0.29, 0.717) is 11.1 Å². The van der Waals surface area contributed by atoms with Gasteiger partial charge in [-0.1, -0.05) is 32.9 Å². The fourth-order valence-corrected chi connectivity index (χ4v) is 3.24. The number of nitrogens with one attached hydrogen (secondary N) is 1. The summed E-state index contributed by atoms with van der Waals surface area (Å²) in [5, 5.41) is 13.7. The highest BCUT2D eigenvalue weighted by Crippen LogP contribution is 2.42. The van der Waals surface area contributed by atoms with Gasteiger partial charge < -0.3 is 19.6 Å². The van der Waals surface area contributed by atoms with Crippen molar-refractivity contribution in [2.24, 2.45) is 17.8 Å². The number of fused-ring (bicyclic) bond motifs is 1. The lowest BCUT2D eigenvalue weighted by Gasteiger charge is -2.25. The van der Waals surface area contributed by atoms with Crippen molar-refractivity contribution in [2.75, 3.05) is 0 Å². The molecular weight excluding hydrogens is 376 g/mol. The summed E-state index contributed by atoms with van der Waals surface area (Å²) in [5.41, 5.74) is 0.944.